The molecular weight excluding hydrogens is 334 g/mol. The Balaban J connectivity index is 2.62. The smallest absolute Gasteiger partial charge is 0.338 e. The van der Waals surface area contributed by atoms with Crippen LogP contribution in [0, 0.1) is 16.0 Å². The molecule has 132 valence electrons. The van der Waals surface area contributed by atoms with Crippen LogP contribution < -0.4 is 16.0 Å². The van der Waals surface area contributed by atoms with Crippen molar-refractivity contribution in [3.8, 4) is 0 Å². The molecule has 0 aromatic heterocycles. The minimum atomic E-state index is -0.536. The molecule has 1 unspecified atom stereocenters. The molecule has 4 amide bonds. The standard InChI is InChI=1S/C14H21N5O4S/c1-3-15-12(20)17-14(18-13(21)16-4-2)24-9-10-5-7-11(8-6-10)19(22)23/h5,7-8,10H,3-4,6,9H2,1-2H3,(H3,15,16,17,18,20,21). The van der Waals surface area contributed by atoms with Gasteiger partial charge in [0.1, 0.15) is 0 Å². The summed E-state index contributed by atoms with van der Waals surface area (Å²) in [5.41, 5.74) is 0.0768. The lowest BCUT2D eigenvalue weighted by atomic mass is 10.0. The third-order valence-corrected chi connectivity index (χ3v) is 3.96. The summed E-state index contributed by atoms with van der Waals surface area (Å²) in [6.07, 6.45) is 5.30. The van der Waals surface area contributed by atoms with Crippen LogP contribution in [0.4, 0.5) is 9.59 Å². The molecule has 3 N–H and O–H groups in total. The van der Waals surface area contributed by atoms with Crippen molar-refractivity contribution in [1.29, 1.82) is 0 Å². The fourth-order valence-electron chi connectivity index (χ4n) is 1.78. The van der Waals surface area contributed by atoms with Crippen LogP contribution in [0.3, 0.4) is 0 Å². The number of carbonyl (C=O) groups is 2. The number of amides is 4. The van der Waals surface area contributed by atoms with Crippen molar-refractivity contribution in [3.63, 3.8) is 0 Å². The summed E-state index contributed by atoms with van der Waals surface area (Å²) in [4.78, 5) is 37.2. The van der Waals surface area contributed by atoms with Gasteiger partial charge in [0.25, 0.3) is 5.70 Å². The van der Waals surface area contributed by atoms with Gasteiger partial charge in [0.2, 0.25) is 0 Å². The molecule has 1 aliphatic rings. The van der Waals surface area contributed by atoms with E-state index in [0.29, 0.717) is 25.3 Å². The third-order valence-electron chi connectivity index (χ3n) is 2.90. The number of aliphatic imine (C=N–C) groups is 1. The highest BCUT2D eigenvalue weighted by molar-refractivity contribution is 8.13. The van der Waals surface area contributed by atoms with E-state index in [9.17, 15) is 19.7 Å². The Hall–Kier alpha value is -2.36. The summed E-state index contributed by atoms with van der Waals surface area (Å²) in [5.74, 6) is 0.594. The summed E-state index contributed by atoms with van der Waals surface area (Å²) in [5, 5.41) is 18.5. The van der Waals surface area contributed by atoms with Crippen LogP contribution in [0.2, 0.25) is 0 Å². The second kappa shape index (κ2) is 10.4. The lowest BCUT2D eigenvalue weighted by Crippen LogP contribution is -2.39. The molecule has 0 aliphatic heterocycles. The van der Waals surface area contributed by atoms with E-state index in [0.717, 1.165) is 0 Å². The third kappa shape index (κ3) is 7.27. The number of nitro groups is 1. The van der Waals surface area contributed by atoms with Crippen LogP contribution in [0.25, 0.3) is 0 Å². The predicted molar refractivity (Wildman–Crippen MR) is 93.5 cm³/mol. The molecule has 0 aromatic rings. The molecule has 0 spiro atoms. The number of thioether (sulfide) groups is 1. The zero-order chi connectivity index (χ0) is 17.9. The normalized spacial score (nSPS) is 17.0. The molecule has 0 fully saturated rings. The maximum atomic E-state index is 11.6. The van der Waals surface area contributed by atoms with Gasteiger partial charge in [0.15, 0.2) is 5.17 Å². The SMILES string of the molecule is CCNC(=O)N=C(NC(=O)NCC)SCC1C=CC([N+](=O)[O-])=CC1. The van der Waals surface area contributed by atoms with Crippen molar-refractivity contribution in [2.45, 2.75) is 20.3 Å². The molecule has 0 radical (unpaired) electrons. The first-order chi connectivity index (χ1) is 11.5. The Kier molecular flexibility index (Phi) is 8.55. The van der Waals surface area contributed by atoms with Gasteiger partial charge in [-0.25, -0.2) is 9.59 Å². The molecule has 1 aliphatic carbocycles. The van der Waals surface area contributed by atoms with Crippen LogP contribution in [-0.2, 0) is 0 Å². The highest BCUT2D eigenvalue weighted by Crippen LogP contribution is 2.21. The van der Waals surface area contributed by atoms with E-state index < -0.39 is 17.0 Å². The zero-order valence-corrected chi connectivity index (χ0v) is 14.4. The molecule has 24 heavy (non-hydrogen) atoms. The fraction of sp³-hybridized carbons (Fsp3) is 0.500. The second-order valence-electron chi connectivity index (χ2n) is 4.79. The number of allylic oxidation sites excluding steroid dienone is 3. The van der Waals surface area contributed by atoms with E-state index in [1.165, 1.54) is 17.8 Å². The average molecular weight is 355 g/mol. The number of nitrogens with zero attached hydrogens (tertiary/aromatic N) is 2. The van der Waals surface area contributed by atoms with E-state index in [-0.39, 0.29) is 16.8 Å². The van der Waals surface area contributed by atoms with Crippen LogP contribution in [-0.4, -0.2) is 41.0 Å². The Morgan fingerprint density at radius 1 is 1.38 bits per heavy atom. The zero-order valence-electron chi connectivity index (χ0n) is 13.6. The number of rotatable bonds is 5. The number of carbonyl (C=O) groups excluding carboxylic acids is 2. The van der Waals surface area contributed by atoms with Gasteiger partial charge in [0, 0.05) is 24.9 Å². The minimum Gasteiger partial charge on any atom is -0.338 e. The molecule has 10 heteroatoms. The number of nitrogens with one attached hydrogen (secondary N) is 3. The van der Waals surface area contributed by atoms with Crippen molar-refractivity contribution >= 4 is 29.0 Å². The number of amidine groups is 1. The Morgan fingerprint density at radius 3 is 2.62 bits per heavy atom. The van der Waals surface area contributed by atoms with Crippen molar-refractivity contribution in [1.82, 2.24) is 16.0 Å². The molecule has 0 bridgehead atoms. The van der Waals surface area contributed by atoms with Gasteiger partial charge >= 0.3 is 12.1 Å². The van der Waals surface area contributed by atoms with E-state index in [1.54, 1.807) is 26.0 Å². The van der Waals surface area contributed by atoms with E-state index in [2.05, 4.69) is 20.9 Å². The molecule has 9 nitrogen and oxygen atoms in total. The van der Waals surface area contributed by atoms with Crippen LogP contribution >= 0.6 is 11.8 Å². The topological polar surface area (TPSA) is 126 Å². The number of urea groups is 2. The van der Waals surface area contributed by atoms with Gasteiger partial charge in [0.05, 0.1) is 4.92 Å². The van der Waals surface area contributed by atoms with Crippen LogP contribution in [0.5, 0.6) is 0 Å². The molecule has 0 aromatic carbocycles. The lowest BCUT2D eigenvalue weighted by molar-refractivity contribution is -0.419. The van der Waals surface area contributed by atoms with Crippen molar-refractivity contribution in [2.75, 3.05) is 18.8 Å². The van der Waals surface area contributed by atoms with Crippen molar-refractivity contribution in [2.24, 2.45) is 10.9 Å². The Labute approximate surface area is 144 Å². The van der Waals surface area contributed by atoms with Crippen LogP contribution in [0.1, 0.15) is 20.3 Å². The summed E-state index contributed by atoms with van der Waals surface area (Å²) >= 11 is 1.21. The number of hydrogen-bond donors (Lipinski definition) is 3. The fourth-order valence-corrected chi connectivity index (χ4v) is 2.71. The summed E-state index contributed by atoms with van der Waals surface area (Å²) in [6.45, 7) is 4.43. The van der Waals surface area contributed by atoms with Gasteiger partial charge in [-0.1, -0.05) is 17.8 Å². The molecule has 0 saturated carbocycles. The maximum absolute atomic E-state index is 11.6. The molecule has 1 atom stereocenters. The predicted octanol–water partition coefficient (Wildman–Crippen LogP) is 1.86. The Bertz CT molecular complexity index is 574. The van der Waals surface area contributed by atoms with Gasteiger partial charge in [-0.3, -0.25) is 15.4 Å². The minimum absolute atomic E-state index is 0.0640. The van der Waals surface area contributed by atoms with Crippen LogP contribution in [0.15, 0.2) is 28.9 Å². The highest BCUT2D eigenvalue weighted by atomic mass is 32.2. The second-order valence-corrected chi connectivity index (χ2v) is 5.80. The first-order valence-corrected chi connectivity index (χ1v) is 8.51. The van der Waals surface area contributed by atoms with E-state index in [1.807, 2.05) is 0 Å². The van der Waals surface area contributed by atoms with Crippen molar-refractivity contribution < 1.29 is 14.5 Å². The highest BCUT2D eigenvalue weighted by Gasteiger charge is 2.17. The average Bonchev–Trinajstić information content (AvgIpc) is 2.53. The molecule has 0 heterocycles. The van der Waals surface area contributed by atoms with E-state index in [4.69, 9.17) is 0 Å². The first-order valence-electron chi connectivity index (χ1n) is 7.53. The largest absolute Gasteiger partial charge is 0.343 e. The van der Waals surface area contributed by atoms with Gasteiger partial charge in [-0.05, 0) is 32.3 Å². The molecule has 0 saturated heterocycles. The van der Waals surface area contributed by atoms with Gasteiger partial charge < -0.3 is 10.6 Å². The maximum Gasteiger partial charge on any atom is 0.343 e. The molecule has 1 rings (SSSR count). The first kappa shape index (κ1) is 19.7. The lowest BCUT2D eigenvalue weighted by Gasteiger charge is -2.14. The summed E-state index contributed by atoms with van der Waals surface area (Å²) < 4.78 is 0. The molecular formula is C14H21N5O4S. The quantitative estimate of drug-likeness (QED) is 0.300. The summed E-state index contributed by atoms with van der Waals surface area (Å²) in [7, 11) is 0. The number of hydrogen-bond acceptors (Lipinski definition) is 5. The summed E-state index contributed by atoms with van der Waals surface area (Å²) in [6, 6.07) is -0.978. The van der Waals surface area contributed by atoms with E-state index >= 15 is 0 Å². The van der Waals surface area contributed by atoms with Gasteiger partial charge in [-0.2, -0.15) is 4.99 Å². The monoisotopic (exact) mass is 355 g/mol. The Morgan fingerprint density at radius 2 is 2.08 bits per heavy atom. The van der Waals surface area contributed by atoms with Crippen molar-refractivity contribution in [3.05, 3.63) is 34.0 Å². The van der Waals surface area contributed by atoms with Gasteiger partial charge in [-0.15, -0.1) is 0 Å².